The van der Waals surface area contributed by atoms with Crippen LogP contribution in [0.4, 0.5) is 11.4 Å². The third-order valence-electron chi connectivity index (χ3n) is 6.21. The van der Waals surface area contributed by atoms with Crippen molar-refractivity contribution in [3.05, 3.63) is 89.5 Å². The van der Waals surface area contributed by atoms with E-state index >= 15 is 0 Å². The van der Waals surface area contributed by atoms with Crippen LogP contribution in [0.2, 0.25) is 0 Å². The van der Waals surface area contributed by atoms with Crippen LogP contribution in [0.3, 0.4) is 0 Å². The summed E-state index contributed by atoms with van der Waals surface area (Å²) in [7, 11) is -3.66. The number of anilines is 2. The molecule has 2 aliphatic heterocycles. The molecule has 1 amide bonds. The van der Waals surface area contributed by atoms with E-state index in [4.69, 9.17) is 0 Å². The van der Waals surface area contributed by atoms with Gasteiger partial charge in [-0.25, -0.2) is 8.42 Å². The smallest absolute Gasteiger partial charge is 0.264 e. The largest absolute Gasteiger partial charge is 0.305 e. The third kappa shape index (κ3) is 3.13. The second-order valence-corrected chi connectivity index (χ2v) is 10.2. The van der Waals surface area contributed by atoms with E-state index in [0.717, 1.165) is 17.7 Å². The van der Waals surface area contributed by atoms with Gasteiger partial charge in [-0.3, -0.25) is 9.10 Å². The maximum absolute atomic E-state index is 13.4. The normalized spacial score (nSPS) is 19.9. The van der Waals surface area contributed by atoms with Crippen LogP contribution in [0.1, 0.15) is 35.3 Å². The first-order valence-electron chi connectivity index (χ1n) is 10.5. The third-order valence-corrected chi connectivity index (χ3v) is 8.15. The minimum Gasteiger partial charge on any atom is -0.305 e. The average molecular weight is 433 g/mol. The molecule has 3 aromatic rings. The van der Waals surface area contributed by atoms with Crippen molar-refractivity contribution < 1.29 is 13.2 Å². The summed E-state index contributed by atoms with van der Waals surface area (Å²) in [6.07, 6.45) is 1.42. The molecule has 0 radical (unpaired) electrons. The Morgan fingerprint density at radius 3 is 2.26 bits per heavy atom. The summed E-state index contributed by atoms with van der Waals surface area (Å²) in [5, 5.41) is 0. The molecule has 0 aromatic heterocycles. The van der Waals surface area contributed by atoms with Crippen LogP contribution in [-0.2, 0) is 22.9 Å². The maximum Gasteiger partial charge on any atom is 0.264 e. The Kier molecular flexibility index (Phi) is 4.63. The van der Waals surface area contributed by atoms with Gasteiger partial charge >= 0.3 is 0 Å². The SMILES string of the molecule is C[C@H]1Cc2ccccc2N1C(=O)c1ccc2c(c1)C[C@H](C)N2S(=O)(=O)c1ccccc1. The van der Waals surface area contributed by atoms with Gasteiger partial charge in [-0.15, -0.1) is 0 Å². The van der Waals surface area contributed by atoms with Crippen LogP contribution >= 0.6 is 0 Å². The number of hydrogen-bond acceptors (Lipinski definition) is 3. The minimum absolute atomic E-state index is 0.0442. The Labute approximate surface area is 183 Å². The molecule has 0 fully saturated rings. The van der Waals surface area contributed by atoms with E-state index in [0.29, 0.717) is 17.7 Å². The highest BCUT2D eigenvalue weighted by Crippen LogP contribution is 2.38. The number of benzene rings is 3. The second-order valence-electron chi connectivity index (χ2n) is 8.37. The molecule has 0 aliphatic carbocycles. The molecule has 5 nitrogen and oxygen atoms in total. The molecule has 2 heterocycles. The zero-order valence-corrected chi connectivity index (χ0v) is 18.3. The fraction of sp³-hybridized carbons (Fsp3) is 0.240. The lowest BCUT2D eigenvalue weighted by atomic mass is 10.1. The highest BCUT2D eigenvalue weighted by Gasteiger charge is 2.37. The van der Waals surface area contributed by atoms with E-state index in [1.807, 2.05) is 36.1 Å². The molecule has 0 bridgehead atoms. The van der Waals surface area contributed by atoms with Crippen LogP contribution in [-0.4, -0.2) is 26.4 Å². The van der Waals surface area contributed by atoms with Gasteiger partial charge in [0.1, 0.15) is 0 Å². The predicted molar refractivity (Wildman–Crippen MR) is 122 cm³/mol. The van der Waals surface area contributed by atoms with Crippen LogP contribution in [0.15, 0.2) is 77.7 Å². The number of carbonyl (C=O) groups excluding carboxylic acids is 1. The molecule has 3 aromatic carbocycles. The molecular weight excluding hydrogens is 408 g/mol. The number of fused-ring (bicyclic) bond motifs is 2. The lowest BCUT2D eigenvalue weighted by Crippen LogP contribution is -2.36. The van der Waals surface area contributed by atoms with Crippen molar-refractivity contribution in [2.75, 3.05) is 9.21 Å². The lowest BCUT2D eigenvalue weighted by molar-refractivity contribution is 0.0981. The molecule has 0 spiro atoms. The van der Waals surface area contributed by atoms with Gasteiger partial charge in [0, 0.05) is 23.3 Å². The van der Waals surface area contributed by atoms with Crippen molar-refractivity contribution in [3.8, 4) is 0 Å². The van der Waals surface area contributed by atoms with E-state index in [-0.39, 0.29) is 22.9 Å². The van der Waals surface area contributed by atoms with Gasteiger partial charge in [-0.1, -0.05) is 36.4 Å². The molecular formula is C25H24N2O3S. The number of rotatable bonds is 3. The van der Waals surface area contributed by atoms with Gasteiger partial charge in [0.15, 0.2) is 0 Å². The molecule has 31 heavy (non-hydrogen) atoms. The zero-order valence-electron chi connectivity index (χ0n) is 17.5. The molecule has 0 N–H and O–H groups in total. The first-order chi connectivity index (χ1) is 14.9. The molecule has 0 unspecified atom stereocenters. The number of sulfonamides is 1. The number of carbonyl (C=O) groups is 1. The molecule has 158 valence electrons. The van der Waals surface area contributed by atoms with E-state index in [9.17, 15) is 13.2 Å². The number of hydrogen-bond donors (Lipinski definition) is 0. The molecule has 2 atom stereocenters. The summed E-state index contributed by atoms with van der Waals surface area (Å²) < 4.78 is 28.0. The quantitative estimate of drug-likeness (QED) is 0.616. The van der Waals surface area contributed by atoms with Crippen LogP contribution in [0, 0.1) is 0 Å². The monoisotopic (exact) mass is 432 g/mol. The van der Waals surface area contributed by atoms with Crippen molar-refractivity contribution in [2.45, 2.75) is 43.7 Å². The minimum atomic E-state index is -3.66. The highest BCUT2D eigenvalue weighted by atomic mass is 32.2. The van der Waals surface area contributed by atoms with Gasteiger partial charge in [0.2, 0.25) is 0 Å². The summed E-state index contributed by atoms with van der Waals surface area (Å²) in [5.74, 6) is -0.0442. The van der Waals surface area contributed by atoms with Crippen molar-refractivity contribution in [1.82, 2.24) is 0 Å². The summed E-state index contributed by atoms with van der Waals surface area (Å²) in [6.45, 7) is 3.96. The lowest BCUT2D eigenvalue weighted by Gasteiger charge is -2.25. The number of nitrogens with zero attached hydrogens (tertiary/aromatic N) is 2. The van der Waals surface area contributed by atoms with E-state index in [2.05, 4.69) is 13.0 Å². The Bertz CT molecular complexity index is 1270. The Hall–Kier alpha value is -3.12. The van der Waals surface area contributed by atoms with E-state index < -0.39 is 10.0 Å². The summed E-state index contributed by atoms with van der Waals surface area (Å²) in [4.78, 5) is 15.5. The van der Waals surface area contributed by atoms with E-state index in [1.54, 1.807) is 42.5 Å². The topological polar surface area (TPSA) is 57.7 Å². The summed E-state index contributed by atoms with van der Waals surface area (Å²) in [6, 6.07) is 21.8. The first kappa shape index (κ1) is 19.8. The standard InChI is InChI=1S/C25H24N2O3S/c1-17-14-19-8-6-7-11-23(19)26(17)25(28)20-12-13-24-21(16-20)15-18(2)27(24)31(29,30)22-9-4-3-5-10-22/h3-13,16-18H,14-15H2,1-2H3/t17-,18-/m0/s1. The van der Waals surface area contributed by atoms with Crippen molar-refractivity contribution >= 4 is 27.3 Å². The molecule has 5 rings (SSSR count). The van der Waals surface area contributed by atoms with Crippen molar-refractivity contribution in [2.24, 2.45) is 0 Å². The number of para-hydroxylation sites is 1. The summed E-state index contributed by atoms with van der Waals surface area (Å²) in [5.41, 5.74) is 4.27. The van der Waals surface area contributed by atoms with Gasteiger partial charge in [-0.05, 0) is 74.2 Å². The Morgan fingerprint density at radius 2 is 1.48 bits per heavy atom. The zero-order chi connectivity index (χ0) is 21.8. The van der Waals surface area contributed by atoms with Gasteiger partial charge in [0.05, 0.1) is 10.6 Å². The number of amides is 1. The van der Waals surface area contributed by atoms with Crippen molar-refractivity contribution in [1.29, 1.82) is 0 Å². The Morgan fingerprint density at radius 1 is 0.806 bits per heavy atom. The van der Waals surface area contributed by atoms with Crippen molar-refractivity contribution in [3.63, 3.8) is 0 Å². The van der Waals surface area contributed by atoms with E-state index in [1.165, 1.54) is 9.87 Å². The highest BCUT2D eigenvalue weighted by molar-refractivity contribution is 7.92. The molecule has 2 aliphatic rings. The van der Waals surface area contributed by atoms with Crippen LogP contribution in [0.5, 0.6) is 0 Å². The summed E-state index contributed by atoms with van der Waals surface area (Å²) >= 11 is 0. The maximum atomic E-state index is 13.4. The van der Waals surface area contributed by atoms with Gasteiger partial charge in [-0.2, -0.15) is 0 Å². The average Bonchev–Trinajstić information content (AvgIpc) is 3.28. The Balaban J connectivity index is 1.50. The van der Waals surface area contributed by atoms with Gasteiger partial charge < -0.3 is 4.90 Å². The molecule has 0 saturated heterocycles. The molecule has 6 heteroatoms. The van der Waals surface area contributed by atoms with Crippen LogP contribution < -0.4 is 9.21 Å². The molecule has 0 saturated carbocycles. The van der Waals surface area contributed by atoms with Gasteiger partial charge in [0.25, 0.3) is 15.9 Å². The fourth-order valence-electron chi connectivity index (χ4n) is 4.82. The predicted octanol–water partition coefficient (Wildman–Crippen LogP) is 4.42. The van der Waals surface area contributed by atoms with Crippen LogP contribution in [0.25, 0.3) is 0 Å². The second kappa shape index (κ2) is 7.24. The fourth-order valence-corrected chi connectivity index (χ4v) is 6.54. The first-order valence-corrected chi connectivity index (χ1v) is 12.0.